The molecule has 0 aromatic heterocycles. The van der Waals surface area contributed by atoms with Crippen LogP contribution in [0.3, 0.4) is 0 Å². The van der Waals surface area contributed by atoms with E-state index in [0.717, 1.165) is 64.8 Å². The molecular formula is C32H42O6S. The van der Waals surface area contributed by atoms with Crippen LogP contribution in [0.5, 0.6) is 11.5 Å². The minimum Gasteiger partial charge on any atom is -0.507 e. The second kappa shape index (κ2) is 10.1. The number of phenolic OH excluding ortho intramolecular Hbond substituents is 1. The Balaban J connectivity index is 1.45. The summed E-state index contributed by atoms with van der Waals surface area (Å²) in [6.45, 7) is 15.9. The van der Waals surface area contributed by atoms with Crippen molar-refractivity contribution in [2.75, 3.05) is 0 Å². The number of aromatic hydroxyl groups is 1. The molecule has 1 aliphatic carbocycles. The number of benzene rings is 2. The van der Waals surface area contributed by atoms with Crippen molar-refractivity contribution >= 4 is 15.9 Å². The topological polar surface area (TPSA) is 101 Å². The zero-order valence-corrected chi connectivity index (χ0v) is 25.3. The third kappa shape index (κ3) is 5.16. The molecule has 0 radical (unpaired) electrons. The summed E-state index contributed by atoms with van der Waals surface area (Å²) in [5.41, 5.74) is 6.82. The summed E-state index contributed by atoms with van der Waals surface area (Å²) in [6, 6.07) is 4.88. The lowest BCUT2D eigenvalue weighted by atomic mass is 9.68. The summed E-state index contributed by atoms with van der Waals surface area (Å²) < 4.78 is 39.3. The van der Waals surface area contributed by atoms with E-state index in [2.05, 4.69) is 20.8 Å². The van der Waals surface area contributed by atoms with Gasteiger partial charge in [0.25, 0.3) is 10.1 Å². The van der Waals surface area contributed by atoms with Gasteiger partial charge in [-0.25, -0.2) is 0 Å². The highest BCUT2D eigenvalue weighted by atomic mass is 32.2. The molecule has 212 valence electrons. The average Bonchev–Trinajstić information content (AvgIpc) is 2.87. The molecule has 6 nitrogen and oxygen atoms in total. The molecule has 0 saturated heterocycles. The molecule has 1 aliphatic heterocycles. The number of hydrogen-bond donors (Lipinski definition) is 2. The zero-order chi connectivity index (χ0) is 29.1. The highest BCUT2D eigenvalue weighted by Crippen LogP contribution is 2.45. The standard InChI is InChI=1S/C32H42O6S/c1-18(30(34)32(8)15-14-26-21(4)28(33)19(2)20(3)29(26)38-32)10-9-11-23-16-24-12-13-25(39(35,36)37)17-27(24)31(6,7)22(23)5/h12-13,17-18,33H,9-11,14-16H2,1-8H3,(H,35,36,37). The number of carbonyl (C=O) groups is 1. The predicted octanol–water partition coefficient (Wildman–Crippen LogP) is 6.87. The van der Waals surface area contributed by atoms with E-state index in [4.69, 9.17) is 4.74 Å². The molecule has 2 aromatic rings. The van der Waals surface area contributed by atoms with Crippen molar-refractivity contribution in [2.24, 2.45) is 5.92 Å². The maximum atomic E-state index is 13.6. The first-order chi connectivity index (χ1) is 18.0. The first kappa shape index (κ1) is 29.3. The Hall–Kier alpha value is -2.64. The fourth-order valence-corrected chi connectivity index (χ4v) is 6.94. The second-order valence-electron chi connectivity index (χ2n) is 12.3. The first-order valence-electron chi connectivity index (χ1n) is 13.8. The maximum absolute atomic E-state index is 13.6. The molecule has 2 aliphatic rings. The van der Waals surface area contributed by atoms with Gasteiger partial charge < -0.3 is 9.84 Å². The summed E-state index contributed by atoms with van der Waals surface area (Å²) in [5.74, 6) is 1.03. The predicted molar refractivity (Wildman–Crippen MR) is 153 cm³/mol. The van der Waals surface area contributed by atoms with Crippen molar-refractivity contribution < 1.29 is 27.6 Å². The van der Waals surface area contributed by atoms with Gasteiger partial charge in [-0.05, 0) is 113 Å². The summed E-state index contributed by atoms with van der Waals surface area (Å²) in [6.07, 6.45) is 4.51. The van der Waals surface area contributed by atoms with Crippen LogP contribution in [0.1, 0.15) is 93.7 Å². The normalized spacial score (nSPS) is 21.2. The number of ether oxygens (including phenoxy) is 1. The van der Waals surface area contributed by atoms with Crippen LogP contribution >= 0.6 is 0 Å². The Morgan fingerprint density at radius 2 is 1.74 bits per heavy atom. The van der Waals surface area contributed by atoms with Crippen LogP contribution in [0.4, 0.5) is 0 Å². The minimum atomic E-state index is -4.26. The van der Waals surface area contributed by atoms with Gasteiger partial charge in [-0.3, -0.25) is 9.35 Å². The number of hydrogen-bond acceptors (Lipinski definition) is 5. The fraction of sp³-hybridized carbons (Fsp3) is 0.531. The molecular weight excluding hydrogens is 512 g/mol. The van der Waals surface area contributed by atoms with E-state index in [1.54, 1.807) is 6.07 Å². The molecule has 7 heteroatoms. The third-order valence-corrected chi connectivity index (χ3v) is 10.4. The van der Waals surface area contributed by atoms with Crippen molar-refractivity contribution in [3.05, 3.63) is 62.7 Å². The van der Waals surface area contributed by atoms with Crippen LogP contribution < -0.4 is 4.74 Å². The molecule has 0 saturated carbocycles. The molecule has 0 amide bonds. The van der Waals surface area contributed by atoms with E-state index in [-0.39, 0.29) is 22.0 Å². The van der Waals surface area contributed by atoms with Gasteiger partial charge in [0.05, 0.1) is 4.90 Å². The van der Waals surface area contributed by atoms with Crippen molar-refractivity contribution in [1.82, 2.24) is 0 Å². The van der Waals surface area contributed by atoms with E-state index < -0.39 is 15.7 Å². The number of carbonyl (C=O) groups excluding carboxylic acids is 1. The monoisotopic (exact) mass is 554 g/mol. The lowest BCUT2D eigenvalue weighted by Gasteiger charge is -2.38. The molecule has 1 heterocycles. The van der Waals surface area contributed by atoms with Crippen LogP contribution in [0.15, 0.2) is 34.2 Å². The number of allylic oxidation sites excluding steroid dienone is 2. The molecule has 0 bridgehead atoms. The lowest BCUT2D eigenvalue weighted by Crippen LogP contribution is -2.47. The summed E-state index contributed by atoms with van der Waals surface area (Å²) in [5, 5.41) is 10.5. The molecule has 0 spiro atoms. The first-order valence-corrected chi connectivity index (χ1v) is 15.3. The van der Waals surface area contributed by atoms with E-state index in [9.17, 15) is 22.9 Å². The van der Waals surface area contributed by atoms with Crippen molar-refractivity contribution in [3.8, 4) is 11.5 Å². The largest absolute Gasteiger partial charge is 0.507 e. The van der Waals surface area contributed by atoms with Crippen molar-refractivity contribution in [2.45, 2.75) is 110 Å². The van der Waals surface area contributed by atoms with E-state index in [1.165, 1.54) is 17.2 Å². The third-order valence-electron chi connectivity index (χ3n) is 9.53. The van der Waals surface area contributed by atoms with E-state index >= 15 is 0 Å². The summed E-state index contributed by atoms with van der Waals surface area (Å²) in [4.78, 5) is 13.6. The molecule has 39 heavy (non-hydrogen) atoms. The van der Waals surface area contributed by atoms with Crippen LogP contribution in [-0.4, -0.2) is 29.5 Å². The summed E-state index contributed by atoms with van der Waals surface area (Å²) >= 11 is 0. The van der Waals surface area contributed by atoms with Crippen LogP contribution in [0, 0.1) is 26.7 Å². The lowest BCUT2D eigenvalue weighted by molar-refractivity contribution is -0.138. The Bertz CT molecular complexity index is 1480. The van der Waals surface area contributed by atoms with Gasteiger partial charge in [0.1, 0.15) is 11.5 Å². The SMILES string of the molecule is CC1=C(CCCC(C)C(=O)C2(C)CCc3c(C)c(O)c(C)c(C)c3O2)Cc2ccc(S(=O)(=O)O)cc2C1(C)C. The number of ketones is 1. The van der Waals surface area contributed by atoms with E-state index in [1.807, 2.05) is 40.7 Å². The number of rotatable bonds is 7. The van der Waals surface area contributed by atoms with Gasteiger partial charge in [-0.2, -0.15) is 8.42 Å². The van der Waals surface area contributed by atoms with Gasteiger partial charge in [-0.15, -0.1) is 0 Å². The smallest absolute Gasteiger partial charge is 0.294 e. The molecule has 0 fully saturated rings. The van der Waals surface area contributed by atoms with Gasteiger partial charge in [-0.1, -0.05) is 38.0 Å². The number of Topliss-reactive ketones (excluding diaryl/α,β-unsaturated/α-hetero) is 1. The van der Waals surface area contributed by atoms with Gasteiger partial charge in [0.15, 0.2) is 11.4 Å². The Morgan fingerprint density at radius 3 is 2.38 bits per heavy atom. The highest BCUT2D eigenvalue weighted by molar-refractivity contribution is 7.85. The molecule has 2 atom stereocenters. The Kier molecular flexibility index (Phi) is 7.58. The number of phenols is 1. The molecule has 2 unspecified atom stereocenters. The summed E-state index contributed by atoms with van der Waals surface area (Å²) in [7, 11) is -4.26. The Morgan fingerprint density at radius 1 is 1.08 bits per heavy atom. The van der Waals surface area contributed by atoms with Crippen molar-refractivity contribution in [1.29, 1.82) is 0 Å². The second-order valence-corrected chi connectivity index (χ2v) is 13.8. The van der Waals surface area contributed by atoms with Gasteiger partial charge >= 0.3 is 0 Å². The van der Waals surface area contributed by atoms with Gasteiger partial charge in [0, 0.05) is 16.9 Å². The highest BCUT2D eigenvalue weighted by Gasteiger charge is 2.42. The van der Waals surface area contributed by atoms with Crippen LogP contribution in [0.25, 0.3) is 0 Å². The maximum Gasteiger partial charge on any atom is 0.294 e. The fourth-order valence-electron chi connectivity index (χ4n) is 6.43. The van der Waals surface area contributed by atoms with Gasteiger partial charge in [0.2, 0.25) is 0 Å². The molecule has 2 N–H and O–H groups in total. The molecule has 2 aromatic carbocycles. The average molecular weight is 555 g/mol. The zero-order valence-electron chi connectivity index (χ0n) is 24.5. The van der Waals surface area contributed by atoms with Crippen molar-refractivity contribution in [3.63, 3.8) is 0 Å². The van der Waals surface area contributed by atoms with E-state index in [0.29, 0.717) is 18.6 Å². The quantitative estimate of drug-likeness (QED) is 0.286. The number of fused-ring (bicyclic) bond motifs is 2. The Labute approximate surface area is 233 Å². The van der Waals surface area contributed by atoms with Crippen LogP contribution in [-0.2, 0) is 33.2 Å². The molecule has 4 rings (SSSR count). The van der Waals surface area contributed by atoms with Crippen LogP contribution in [0.2, 0.25) is 0 Å². The minimum absolute atomic E-state index is 0.0729.